The molecule has 0 unspecified atom stereocenters. The average molecular weight is 1430 g/mol. The molecular weight excluding hydrogens is 1330 g/mol. The Labute approximate surface area is 639 Å². The number of fused-ring (bicyclic) bond motifs is 16. The van der Waals surface area contributed by atoms with Crippen LogP contribution in [0.4, 0.5) is 0 Å². The number of para-hydroxylation sites is 6. The zero-order valence-electron chi connectivity index (χ0n) is 64.8. The zero-order valence-corrected chi connectivity index (χ0v) is 64.8. The van der Waals surface area contributed by atoms with Crippen molar-refractivity contribution in [3.8, 4) is 57.1 Å². The second-order valence-electron chi connectivity index (χ2n) is 34.1. The molecule has 0 fully saturated rings. The number of rotatable bonds is 13. The van der Waals surface area contributed by atoms with Gasteiger partial charge in [-0.25, -0.2) is 0 Å². The lowest BCUT2D eigenvalue weighted by Gasteiger charge is -2.23. The van der Waals surface area contributed by atoms with E-state index in [0.29, 0.717) is 97.4 Å². The third-order valence-corrected chi connectivity index (χ3v) is 21.8. The van der Waals surface area contributed by atoms with E-state index in [1.54, 1.807) is 0 Å². The largest absolute Gasteiger partial charge is 0.507 e. The molecule has 0 spiro atoms. The summed E-state index contributed by atoms with van der Waals surface area (Å²) in [6.07, 6.45) is 2.66. The molecule has 0 radical (unpaired) electrons. The maximum Gasteiger partial charge on any atom is 0.126 e. The van der Waals surface area contributed by atoms with Gasteiger partial charge in [-0.05, 0) is 191 Å². The van der Waals surface area contributed by atoms with Crippen LogP contribution in [0.1, 0.15) is 217 Å². The van der Waals surface area contributed by atoms with Crippen LogP contribution < -0.4 is 18.9 Å². The number of benzene rings is 12. The van der Waals surface area contributed by atoms with Crippen LogP contribution in [-0.2, 0) is 99.5 Å². The Morgan fingerprint density at radius 3 is 0.546 bits per heavy atom. The number of hydrogen-bond donors (Lipinski definition) is 4. The van der Waals surface area contributed by atoms with Crippen LogP contribution in [0, 0.1) is 0 Å². The molecular formula is C100H102O8. The van der Waals surface area contributed by atoms with Crippen LogP contribution in [-0.4, -0.2) is 20.4 Å². The van der Waals surface area contributed by atoms with Gasteiger partial charge >= 0.3 is 0 Å². The molecule has 2 aliphatic carbocycles. The fourth-order valence-electron chi connectivity index (χ4n) is 15.3. The molecule has 14 rings (SSSR count). The van der Waals surface area contributed by atoms with Crippen molar-refractivity contribution in [3.63, 3.8) is 0 Å². The second kappa shape index (κ2) is 30.4. The summed E-state index contributed by atoms with van der Waals surface area (Å²) in [5.74, 6) is 3.55. The Hall–Kier alpha value is -11.0. The van der Waals surface area contributed by atoms with Gasteiger partial charge in [-0.2, -0.15) is 0 Å². The Morgan fingerprint density at radius 1 is 0.213 bits per heavy atom. The zero-order chi connectivity index (χ0) is 75.8. The molecule has 4 N–H and O–H groups in total. The van der Waals surface area contributed by atoms with Gasteiger partial charge in [0, 0.05) is 51.4 Å². The summed E-state index contributed by atoms with van der Waals surface area (Å²) >= 11 is 0. The first-order chi connectivity index (χ1) is 51.6. The third-order valence-electron chi connectivity index (χ3n) is 21.8. The molecule has 0 aliphatic heterocycles. The molecule has 108 heavy (non-hydrogen) atoms. The van der Waals surface area contributed by atoms with E-state index in [-0.39, 0.29) is 70.3 Å². The van der Waals surface area contributed by atoms with Crippen LogP contribution in [0.25, 0.3) is 11.1 Å². The maximum atomic E-state index is 13.4. The fourth-order valence-corrected chi connectivity index (χ4v) is 15.3. The number of phenols is 4. The molecule has 0 atom stereocenters. The number of hydrogen-bond acceptors (Lipinski definition) is 8. The van der Waals surface area contributed by atoms with Crippen molar-refractivity contribution in [1.82, 2.24) is 0 Å². The van der Waals surface area contributed by atoms with Crippen molar-refractivity contribution in [2.75, 3.05) is 0 Å². The Kier molecular flexibility index (Phi) is 20.8. The van der Waals surface area contributed by atoms with E-state index in [2.05, 4.69) is 277 Å². The summed E-state index contributed by atoms with van der Waals surface area (Å²) in [5, 5.41) is 51.7. The van der Waals surface area contributed by atoms with Gasteiger partial charge in [0.2, 0.25) is 0 Å². The van der Waals surface area contributed by atoms with Crippen LogP contribution >= 0.6 is 0 Å². The SMILES string of the molecule is CC(C)(C)c1ccc(COc2c3cccc2Cc2cc(-c4cc5c(O)c(c4)Cc4cccc(c4OCc4ccc(C(C)(C)C)cc4)Cc4cccc(c4O)Cc4cccc(c4OCc4ccc(C(C)(C)C)cc4)C5)cc(c2O)Cc2cccc(c2OCc2ccc(C(C)(C)C)cc2)Cc2cccc(c2O)C3)cc1. The summed E-state index contributed by atoms with van der Waals surface area (Å²) in [4.78, 5) is 0. The Balaban J connectivity index is 0.950. The monoisotopic (exact) mass is 1430 g/mol. The lowest BCUT2D eigenvalue weighted by molar-refractivity contribution is 0.300. The van der Waals surface area contributed by atoms with Crippen LogP contribution in [0.3, 0.4) is 0 Å². The summed E-state index contributed by atoms with van der Waals surface area (Å²) in [7, 11) is 0. The van der Waals surface area contributed by atoms with Crippen LogP contribution in [0.15, 0.2) is 231 Å². The van der Waals surface area contributed by atoms with Gasteiger partial charge in [-0.1, -0.05) is 289 Å². The highest BCUT2D eigenvalue weighted by molar-refractivity contribution is 5.73. The molecule has 0 heterocycles. The number of aromatic hydroxyl groups is 4. The minimum atomic E-state index is -0.0230. The first kappa shape index (κ1) is 73.9. The summed E-state index contributed by atoms with van der Waals surface area (Å²) in [5.41, 5.74) is 23.5. The van der Waals surface area contributed by atoms with E-state index < -0.39 is 0 Å². The molecule has 12 aromatic rings. The standard InChI is InChI=1S/C100H102O8/c1-97(2,3)85-39-31-63(32-40-85)59-105-93-71-23-15-27-75(93)51-81-55-79(56-82(91(81)103)52-76-28-16-24-72(48-68-20-13-19-67(47-71)89(68)101)94(76)106-60-64-33-41-86(42-34-64)98(4,5)6)80-57-83-53-77-29-17-25-73(95(77)107-61-65-35-43-87(44-36-65)99(7,8)9)49-69-21-14-22-70(90(69)102)50-74-26-18-30-78(54-84(58-80)92(83)104)96(74)108-62-66-37-45-88(46-38-66)100(10,11)12/h13-46,55-58,101-104H,47-54,59-62H2,1-12H3. The molecule has 8 nitrogen and oxygen atoms in total. The highest BCUT2D eigenvalue weighted by Crippen LogP contribution is 2.45. The van der Waals surface area contributed by atoms with E-state index in [1.807, 2.05) is 36.4 Å². The van der Waals surface area contributed by atoms with E-state index in [1.165, 1.54) is 22.3 Å². The van der Waals surface area contributed by atoms with E-state index in [0.717, 1.165) is 100 Å². The van der Waals surface area contributed by atoms with Gasteiger partial charge in [-0.15, -0.1) is 0 Å². The molecule has 0 saturated carbocycles. The van der Waals surface area contributed by atoms with E-state index >= 15 is 0 Å². The summed E-state index contributed by atoms with van der Waals surface area (Å²) in [6.45, 7) is 27.8. The predicted molar refractivity (Wildman–Crippen MR) is 438 cm³/mol. The van der Waals surface area contributed by atoms with E-state index in [9.17, 15) is 20.4 Å². The molecule has 2 aliphatic rings. The third kappa shape index (κ3) is 16.6. The molecule has 16 bridgehead atoms. The summed E-state index contributed by atoms with van der Waals surface area (Å²) < 4.78 is 28.5. The van der Waals surface area contributed by atoms with Crippen molar-refractivity contribution >= 4 is 0 Å². The number of phenolic OH excluding ortho intramolecular Hbond substituents is 4. The fraction of sp³-hybridized carbons (Fsp3) is 0.280. The van der Waals surface area contributed by atoms with Gasteiger partial charge in [-0.3, -0.25) is 0 Å². The molecule has 0 aromatic heterocycles. The second-order valence-corrected chi connectivity index (χ2v) is 34.1. The lowest BCUT2D eigenvalue weighted by Crippen LogP contribution is -2.11. The highest BCUT2D eigenvalue weighted by Gasteiger charge is 2.27. The molecule has 0 saturated heterocycles. The smallest absolute Gasteiger partial charge is 0.126 e. The van der Waals surface area contributed by atoms with Crippen molar-refractivity contribution < 1.29 is 39.4 Å². The first-order valence-corrected chi connectivity index (χ1v) is 38.2. The van der Waals surface area contributed by atoms with Crippen molar-refractivity contribution in [3.05, 3.63) is 364 Å². The van der Waals surface area contributed by atoms with Crippen molar-refractivity contribution in [1.29, 1.82) is 0 Å². The van der Waals surface area contributed by atoms with Gasteiger partial charge in [0.05, 0.1) is 0 Å². The van der Waals surface area contributed by atoms with Crippen molar-refractivity contribution in [2.24, 2.45) is 0 Å². The normalized spacial score (nSPS) is 13.2. The first-order valence-electron chi connectivity index (χ1n) is 38.2. The minimum absolute atomic E-state index is 0.0230. The Bertz CT molecular complexity index is 4620. The molecule has 12 aromatic carbocycles. The van der Waals surface area contributed by atoms with Gasteiger partial charge in [0.15, 0.2) is 0 Å². The lowest BCUT2D eigenvalue weighted by atomic mass is 9.86. The maximum absolute atomic E-state index is 13.4. The van der Waals surface area contributed by atoms with Gasteiger partial charge in [0.25, 0.3) is 0 Å². The highest BCUT2D eigenvalue weighted by atomic mass is 16.5. The quantitative estimate of drug-likeness (QED) is 0.0902. The van der Waals surface area contributed by atoms with Crippen molar-refractivity contribution in [2.45, 2.75) is 183 Å². The van der Waals surface area contributed by atoms with Gasteiger partial charge < -0.3 is 39.4 Å². The molecule has 8 heteroatoms. The minimum Gasteiger partial charge on any atom is -0.507 e. The topological polar surface area (TPSA) is 118 Å². The van der Waals surface area contributed by atoms with Gasteiger partial charge in [0.1, 0.15) is 72.4 Å². The molecule has 550 valence electrons. The molecule has 0 amide bonds. The summed E-state index contributed by atoms with van der Waals surface area (Å²) in [6, 6.07) is 80.0. The van der Waals surface area contributed by atoms with Crippen LogP contribution in [0.2, 0.25) is 0 Å². The predicted octanol–water partition coefficient (Wildman–Crippen LogP) is 23.0. The Morgan fingerprint density at radius 2 is 0.370 bits per heavy atom. The van der Waals surface area contributed by atoms with Crippen LogP contribution in [0.5, 0.6) is 46.0 Å². The average Bonchev–Trinajstić information content (AvgIpc) is 0.781. The van der Waals surface area contributed by atoms with E-state index in [4.69, 9.17) is 18.9 Å². The number of ether oxygens (including phenoxy) is 4.